The average molecular weight is 261 g/mol. The van der Waals surface area contributed by atoms with Crippen LogP contribution in [0.4, 0.5) is 5.69 Å². The first-order valence-corrected chi connectivity index (χ1v) is 7.12. The smallest absolute Gasteiger partial charge is 0.272 e. The molecule has 1 aliphatic heterocycles. The Bertz CT molecular complexity index is 447. The Balaban J connectivity index is 2.10. The fourth-order valence-corrected chi connectivity index (χ4v) is 2.66. The van der Waals surface area contributed by atoms with E-state index in [2.05, 4.69) is 31.1 Å². The maximum absolute atomic E-state index is 12.5. The van der Waals surface area contributed by atoms with Gasteiger partial charge in [0.2, 0.25) is 0 Å². The monoisotopic (exact) mass is 261 g/mol. The number of hydrogen-bond donors (Lipinski definition) is 1. The number of nitrogens with zero attached hydrogens (tertiary/aromatic N) is 2. The van der Waals surface area contributed by atoms with Gasteiger partial charge < -0.3 is 10.2 Å². The molecular weight excluding hydrogens is 238 g/mol. The van der Waals surface area contributed by atoms with Crippen LogP contribution >= 0.6 is 0 Å². The van der Waals surface area contributed by atoms with Gasteiger partial charge in [0.1, 0.15) is 5.69 Å². The predicted octanol–water partition coefficient (Wildman–Crippen LogP) is 2.77. The summed E-state index contributed by atoms with van der Waals surface area (Å²) >= 11 is 0. The second-order valence-electron chi connectivity index (χ2n) is 5.50. The van der Waals surface area contributed by atoms with E-state index in [-0.39, 0.29) is 5.91 Å². The van der Waals surface area contributed by atoms with E-state index in [1.54, 1.807) is 6.20 Å². The molecule has 1 aromatic heterocycles. The third kappa shape index (κ3) is 3.25. The highest BCUT2D eigenvalue weighted by molar-refractivity contribution is 5.93. The number of anilines is 1. The van der Waals surface area contributed by atoms with E-state index >= 15 is 0 Å². The lowest BCUT2D eigenvalue weighted by Crippen LogP contribution is -2.34. The van der Waals surface area contributed by atoms with Crippen LogP contribution in [0.3, 0.4) is 0 Å². The average Bonchev–Trinajstić information content (AvgIpc) is 2.75. The number of likely N-dealkylation sites (tertiary alicyclic amines) is 1. The fourth-order valence-electron chi connectivity index (χ4n) is 2.66. The van der Waals surface area contributed by atoms with Crippen molar-refractivity contribution in [3.8, 4) is 0 Å². The van der Waals surface area contributed by atoms with Crippen molar-refractivity contribution in [2.45, 2.75) is 39.7 Å². The Morgan fingerprint density at radius 3 is 2.95 bits per heavy atom. The van der Waals surface area contributed by atoms with Gasteiger partial charge in [0, 0.05) is 31.0 Å². The second-order valence-corrected chi connectivity index (χ2v) is 5.50. The van der Waals surface area contributed by atoms with Crippen molar-refractivity contribution < 1.29 is 4.79 Å². The van der Waals surface area contributed by atoms with Gasteiger partial charge in [0.15, 0.2) is 0 Å². The minimum Gasteiger partial charge on any atom is -0.385 e. The highest BCUT2D eigenvalue weighted by atomic mass is 16.2. The number of carbonyl (C=O) groups excluding carboxylic acids is 1. The largest absolute Gasteiger partial charge is 0.385 e. The molecule has 2 heterocycles. The van der Waals surface area contributed by atoms with Crippen molar-refractivity contribution in [2.75, 3.05) is 18.4 Å². The lowest BCUT2D eigenvalue weighted by molar-refractivity contribution is 0.0738. The van der Waals surface area contributed by atoms with Crippen molar-refractivity contribution in [3.63, 3.8) is 0 Å². The van der Waals surface area contributed by atoms with Crippen LogP contribution in [0.15, 0.2) is 18.3 Å². The molecule has 1 N–H and O–H groups in total. The van der Waals surface area contributed by atoms with Crippen LogP contribution in [0.2, 0.25) is 0 Å². The molecule has 0 saturated carbocycles. The molecule has 2 rings (SSSR count). The van der Waals surface area contributed by atoms with Gasteiger partial charge in [-0.3, -0.25) is 9.78 Å². The first-order chi connectivity index (χ1) is 9.11. The van der Waals surface area contributed by atoms with Crippen LogP contribution < -0.4 is 5.32 Å². The van der Waals surface area contributed by atoms with Crippen molar-refractivity contribution >= 4 is 11.6 Å². The zero-order valence-electron chi connectivity index (χ0n) is 12.0. The van der Waals surface area contributed by atoms with E-state index in [9.17, 15) is 4.79 Å². The van der Waals surface area contributed by atoms with E-state index < -0.39 is 0 Å². The Morgan fingerprint density at radius 2 is 2.32 bits per heavy atom. The molecular formula is C15H23N3O. The Morgan fingerprint density at radius 1 is 1.53 bits per heavy atom. The number of pyridine rings is 1. The van der Waals surface area contributed by atoms with Crippen LogP contribution in [-0.4, -0.2) is 34.9 Å². The van der Waals surface area contributed by atoms with E-state index in [1.807, 2.05) is 17.0 Å². The van der Waals surface area contributed by atoms with Gasteiger partial charge in [-0.05, 0) is 37.8 Å². The lowest BCUT2D eigenvalue weighted by atomic mass is 10.1. The molecule has 0 spiro atoms. The number of hydrogen-bond acceptors (Lipinski definition) is 3. The topological polar surface area (TPSA) is 45.2 Å². The quantitative estimate of drug-likeness (QED) is 0.906. The second kappa shape index (κ2) is 6.04. The van der Waals surface area contributed by atoms with Crippen molar-refractivity contribution in [1.82, 2.24) is 9.88 Å². The predicted molar refractivity (Wildman–Crippen MR) is 77.3 cm³/mol. The maximum Gasteiger partial charge on any atom is 0.272 e. The first kappa shape index (κ1) is 13.8. The SMILES string of the molecule is CCCNc1ccnc(C(=O)N2CC(C)CC2C)c1. The first-order valence-electron chi connectivity index (χ1n) is 7.12. The lowest BCUT2D eigenvalue weighted by Gasteiger charge is -2.21. The number of carbonyl (C=O) groups is 1. The summed E-state index contributed by atoms with van der Waals surface area (Å²) in [6, 6.07) is 4.08. The van der Waals surface area contributed by atoms with E-state index in [0.29, 0.717) is 17.7 Å². The summed E-state index contributed by atoms with van der Waals surface area (Å²) in [5, 5.41) is 3.29. The molecule has 0 aliphatic carbocycles. The molecule has 1 saturated heterocycles. The fraction of sp³-hybridized carbons (Fsp3) is 0.600. The maximum atomic E-state index is 12.5. The molecule has 1 aliphatic rings. The molecule has 1 aromatic rings. The summed E-state index contributed by atoms with van der Waals surface area (Å²) in [5.74, 6) is 0.636. The molecule has 0 radical (unpaired) electrons. The van der Waals surface area contributed by atoms with Gasteiger partial charge in [-0.15, -0.1) is 0 Å². The summed E-state index contributed by atoms with van der Waals surface area (Å²) in [6.07, 6.45) is 3.85. The van der Waals surface area contributed by atoms with E-state index in [0.717, 1.165) is 31.6 Å². The molecule has 4 heteroatoms. The molecule has 2 atom stereocenters. The zero-order chi connectivity index (χ0) is 13.8. The summed E-state index contributed by atoms with van der Waals surface area (Å²) in [4.78, 5) is 18.6. The van der Waals surface area contributed by atoms with Crippen molar-refractivity contribution in [2.24, 2.45) is 5.92 Å². The van der Waals surface area contributed by atoms with Crippen LogP contribution in [0.25, 0.3) is 0 Å². The summed E-state index contributed by atoms with van der Waals surface area (Å²) in [5.41, 5.74) is 1.52. The minimum absolute atomic E-state index is 0.0528. The third-order valence-corrected chi connectivity index (χ3v) is 3.60. The molecule has 2 unspecified atom stereocenters. The van der Waals surface area contributed by atoms with Crippen LogP contribution in [0, 0.1) is 5.92 Å². The number of amides is 1. The molecule has 0 bridgehead atoms. The number of nitrogens with one attached hydrogen (secondary N) is 1. The highest BCUT2D eigenvalue weighted by Gasteiger charge is 2.31. The number of rotatable bonds is 4. The zero-order valence-corrected chi connectivity index (χ0v) is 12.0. The molecule has 0 aromatic carbocycles. The molecule has 19 heavy (non-hydrogen) atoms. The molecule has 4 nitrogen and oxygen atoms in total. The highest BCUT2D eigenvalue weighted by Crippen LogP contribution is 2.24. The molecule has 1 amide bonds. The van der Waals surface area contributed by atoms with Gasteiger partial charge in [-0.25, -0.2) is 0 Å². The summed E-state index contributed by atoms with van der Waals surface area (Å²) in [7, 11) is 0. The Kier molecular flexibility index (Phi) is 4.40. The van der Waals surface area contributed by atoms with Crippen LogP contribution in [-0.2, 0) is 0 Å². The van der Waals surface area contributed by atoms with Crippen LogP contribution in [0.1, 0.15) is 44.1 Å². The summed E-state index contributed by atoms with van der Waals surface area (Å²) in [6.45, 7) is 8.17. The number of aromatic nitrogens is 1. The summed E-state index contributed by atoms with van der Waals surface area (Å²) < 4.78 is 0. The van der Waals surface area contributed by atoms with E-state index in [4.69, 9.17) is 0 Å². The standard InChI is InChI=1S/C15H23N3O/c1-4-6-16-13-5-7-17-14(9-13)15(19)18-10-11(2)8-12(18)3/h5,7,9,11-12H,4,6,8,10H2,1-3H3,(H,16,17). The molecule has 104 valence electrons. The van der Waals surface area contributed by atoms with Crippen molar-refractivity contribution in [3.05, 3.63) is 24.0 Å². The Labute approximate surface area is 115 Å². The van der Waals surface area contributed by atoms with Gasteiger partial charge in [0.05, 0.1) is 0 Å². The van der Waals surface area contributed by atoms with Gasteiger partial charge >= 0.3 is 0 Å². The van der Waals surface area contributed by atoms with Gasteiger partial charge in [0.25, 0.3) is 5.91 Å². The normalized spacial score (nSPS) is 22.6. The van der Waals surface area contributed by atoms with Gasteiger partial charge in [-0.1, -0.05) is 13.8 Å². The Hall–Kier alpha value is -1.58. The van der Waals surface area contributed by atoms with Crippen molar-refractivity contribution in [1.29, 1.82) is 0 Å². The van der Waals surface area contributed by atoms with Gasteiger partial charge in [-0.2, -0.15) is 0 Å². The minimum atomic E-state index is 0.0528. The molecule has 1 fully saturated rings. The van der Waals surface area contributed by atoms with Crippen LogP contribution in [0.5, 0.6) is 0 Å². The third-order valence-electron chi connectivity index (χ3n) is 3.60. The van der Waals surface area contributed by atoms with E-state index in [1.165, 1.54) is 0 Å².